The van der Waals surface area contributed by atoms with Gasteiger partial charge in [-0.1, -0.05) is 0 Å². The molecule has 0 saturated carbocycles. The van der Waals surface area contributed by atoms with Crippen molar-refractivity contribution in [1.29, 1.82) is 0 Å². The number of rotatable bonds is 3. The monoisotopic (exact) mass is 207 g/mol. The summed E-state index contributed by atoms with van der Waals surface area (Å²) in [6.45, 7) is 9.22. The fraction of sp³-hybridized carbons (Fsp3) is 0.857. The van der Waals surface area contributed by atoms with Gasteiger partial charge in [0.25, 0.3) is 0 Å². The van der Waals surface area contributed by atoms with E-state index in [2.05, 4.69) is 39.8 Å². The molecule has 0 spiro atoms. The Morgan fingerprint density at radius 3 is 2.10 bits per heavy atom. The summed E-state index contributed by atoms with van der Waals surface area (Å²) in [7, 11) is 0. The van der Waals surface area contributed by atoms with Crippen LogP contribution in [0.5, 0.6) is 0 Å². The zero-order valence-electron chi connectivity index (χ0n) is 6.92. The first kappa shape index (κ1) is 9.99. The maximum atomic E-state index is 4.25. The minimum absolute atomic E-state index is 0.860. The Balaban J connectivity index is 3.87. The Bertz CT molecular complexity index is 108. The fourth-order valence-corrected chi connectivity index (χ4v) is 1.54. The molecule has 0 fully saturated rings. The molecule has 10 heavy (non-hydrogen) atoms. The molecule has 0 rings (SSSR count). The molecule has 0 aromatic rings. The quantitative estimate of drug-likeness (QED) is 0.380. The van der Waals surface area contributed by atoms with E-state index in [1.54, 1.807) is 0 Å². The Labute approximate surface area is 71.5 Å². The van der Waals surface area contributed by atoms with Gasteiger partial charge in [-0.3, -0.25) is 0 Å². The number of amidine groups is 1. The van der Waals surface area contributed by atoms with Gasteiger partial charge in [0.15, 0.2) is 0 Å². The second kappa shape index (κ2) is 5.75. The molecule has 0 amide bonds. The predicted octanol–water partition coefficient (Wildman–Crippen LogP) is 0.873. The minimum atomic E-state index is 0.860. The Kier molecular flexibility index (Phi) is 5.74. The molecule has 0 saturated heterocycles. The van der Waals surface area contributed by atoms with Crippen LogP contribution in [0.25, 0.3) is 0 Å². The van der Waals surface area contributed by atoms with E-state index in [9.17, 15) is 0 Å². The standard InChI is InChI=1S/C7H15N2Se/c1-4-8-7(10)9(5-2)6-3/h4-6H2,1-3H3. The van der Waals surface area contributed by atoms with E-state index in [0.29, 0.717) is 0 Å². The third-order valence-electron chi connectivity index (χ3n) is 1.33. The molecule has 0 aromatic heterocycles. The van der Waals surface area contributed by atoms with E-state index in [0.717, 1.165) is 24.4 Å². The average Bonchev–Trinajstić information content (AvgIpc) is 1.91. The van der Waals surface area contributed by atoms with Gasteiger partial charge in [0.1, 0.15) is 0 Å². The summed E-state index contributed by atoms with van der Waals surface area (Å²) >= 11 is 2.96. The van der Waals surface area contributed by atoms with Crippen LogP contribution in [0.1, 0.15) is 20.8 Å². The molecule has 1 radical (unpaired) electrons. The van der Waals surface area contributed by atoms with Crippen LogP contribution in [0.4, 0.5) is 0 Å². The van der Waals surface area contributed by atoms with Gasteiger partial charge < -0.3 is 0 Å². The van der Waals surface area contributed by atoms with Crippen LogP contribution >= 0.6 is 0 Å². The third kappa shape index (κ3) is 3.23. The van der Waals surface area contributed by atoms with Crippen LogP contribution in [-0.4, -0.2) is 45.3 Å². The summed E-state index contributed by atoms with van der Waals surface area (Å²) in [6, 6.07) is 0. The second-order valence-corrected chi connectivity index (χ2v) is 2.70. The van der Waals surface area contributed by atoms with Crippen LogP contribution < -0.4 is 0 Å². The van der Waals surface area contributed by atoms with Gasteiger partial charge in [-0.05, 0) is 0 Å². The number of hydrogen-bond acceptors (Lipinski definition) is 1. The number of nitrogens with zero attached hydrogens (tertiary/aromatic N) is 2. The van der Waals surface area contributed by atoms with Crippen molar-refractivity contribution >= 4 is 20.7 Å². The van der Waals surface area contributed by atoms with Crippen molar-refractivity contribution in [1.82, 2.24) is 4.90 Å². The molecular weight excluding hydrogens is 191 g/mol. The molecule has 0 aromatic carbocycles. The van der Waals surface area contributed by atoms with Crippen molar-refractivity contribution in [2.75, 3.05) is 19.6 Å². The number of hydrogen-bond donors (Lipinski definition) is 0. The van der Waals surface area contributed by atoms with Crippen LogP contribution in [0.15, 0.2) is 4.99 Å². The Hall–Kier alpha value is -0.0105. The number of aliphatic imine (C=N–C) groups is 1. The summed E-state index contributed by atoms with van der Waals surface area (Å²) in [5, 5.41) is 0. The van der Waals surface area contributed by atoms with Gasteiger partial charge in [0.2, 0.25) is 0 Å². The average molecular weight is 206 g/mol. The first-order chi connectivity index (χ1) is 4.76. The summed E-state index contributed by atoms with van der Waals surface area (Å²) < 4.78 is 1.03. The zero-order valence-corrected chi connectivity index (χ0v) is 8.64. The van der Waals surface area contributed by atoms with Crippen molar-refractivity contribution in [3.8, 4) is 0 Å². The zero-order chi connectivity index (χ0) is 7.98. The van der Waals surface area contributed by atoms with Crippen LogP contribution in [0, 0.1) is 0 Å². The van der Waals surface area contributed by atoms with Gasteiger partial charge in [-0.2, -0.15) is 0 Å². The summed E-state index contributed by atoms with van der Waals surface area (Å²) in [5.74, 6) is 0. The van der Waals surface area contributed by atoms with Crippen LogP contribution in [0.2, 0.25) is 0 Å². The first-order valence-electron chi connectivity index (χ1n) is 3.72. The van der Waals surface area contributed by atoms with Crippen LogP contribution in [0.3, 0.4) is 0 Å². The normalized spacial score (nSPS) is 11.7. The molecule has 0 bridgehead atoms. The molecular formula is C7H15N2Se. The predicted molar refractivity (Wildman–Crippen MR) is 46.7 cm³/mol. The summed E-state index contributed by atoms with van der Waals surface area (Å²) in [5.41, 5.74) is 0. The van der Waals surface area contributed by atoms with E-state index >= 15 is 0 Å². The van der Waals surface area contributed by atoms with Crippen molar-refractivity contribution < 1.29 is 0 Å². The first-order valence-corrected chi connectivity index (χ1v) is 4.58. The fourth-order valence-electron chi connectivity index (χ4n) is 0.729. The molecule has 0 unspecified atom stereocenters. The van der Waals surface area contributed by atoms with Crippen molar-refractivity contribution in [2.24, 2.45) is 4.99 Å². The van der Waals surface area contributed by atoms with Crippen molar-refractivity contribution in [3.63, 3.8) is 0 Å². The molecule has 0 aliphatic carbocycles. The molecule has 59 valence electrons. The molecule has 0 atom stereocenters. The van der Waals surface area contributed by atoms with E-state index < -0.39 is 0 Å². The molecule has 0 heterocycles. The molecule has 3 heteroatoms. The summed E-state index contributed by atoms with van der Waals surface area (Å²) in [4.78, 5) is 6.45. The van der Waals surface area contributed by atoms with Gasteiger partial charge in [0.05, 0.1) is 0 Å². The second-order valence-electron chi connectivity index (χ2n) is 1.93. The van der Waals surface area contributed by atoms with Gasteiger partial charge in [-0.25, -0.2) is 0 Å². The van der Waals surface area contributed by atoms with Gasteiger partial charge in [-0.15, -0.1) is 0 Å². The summed E-state index contributed by atoms with van der Waals surface area (Å²) in [6.07, 6.45) is 0. The Morgan fingerprint density at radius 1 is 1.30 bits per heavy atom. The van der Waals surface area contributed by atoms with E-state index in [1.165, 1.54) is 0 Å². The van der Waals surface area contributed by atoms with Crippen LogP contribution in [-0.2, 0) is 0 Å². The van der Waals surface area contributed by atoms with E-state index in [-0.39, 0.29) is 0 Å². The SMILES string of the molecule is CCN=C([Se])N(CC)CC. The third-order valence-corrected chi connectivity index (χ3v) is 2.14. The molecule has 0 N–H and O–H groups in total. The topological polar surface area (TPSA) is 15.6 Å². The molecule has 2 nitrogen and oxygen atoms in total. The Morgan fingerprint density at radius 2 is 1.80 bits per heavy atom. The van der Waals surface area contributed by atoms with Gasteiger partial charge >= 0.3 is 71.0 Å². The van der Waals surface area contributed by atoms with Crippen molar-refractivity contribution in [2.45, 2.75) is 20.8 Å². The van der Waals surface area contributed by atoms with Gasteiger partial charge in [0, 0.05) is 0 Å². The van der Waals surface area contributed by atoms with E-state index in [1.807, 2.05) is 6.92 Å². The maximum absolute atomic E-state index is 4.25. The van der Waals surface area contributed by atoms with E-state index in [4.69, 9.17) is 0 Å². The van der Waals surface area contributed by atoms with Crippen molar-refractivity contribution in [3.05, 3.63) is 0 Å². The molecule has 0 aliphatic rings. The molecule has 0 aliphatic heterocycles.